The van der Waals surface area contributed by atoms with E-state index in [4.69, 9.17) is 11.6 Å². The number of nitrogens with one attached hydrogen (secondary N) is 1. The molecular formula is C12H13ClF3N3S. The summed E-state index contributed by atoms with van der Waals surface area (Å²) in [6.07, 6.45) is -4.08. The van der Waals surface area contributed by atoms with Gasteiger partial charge in [0.15, 0.2) is 0 Å². The summed E-state index contributed by atoms with van der Waals surface area (Å²) in [7, 11) is 0. The quantitative estimate of drug-likeness (QED) is 0.642. The van der Waals surface area contributed by atoms with Crippen LogP contribution in [-0.4, -0.2) is 22.7 Å². The van der Waals surface area contributed by atoms with Gasteiger partial charge in [-0.25, -0.2) is 9.97 Å². The van der Waals surface area contributed by atoms with E-state index in [0.29, 0.717) is 5.82 Å². The van der Waals surface area contributed by atoms with Crippen molar-refractivity contribution in [2.45, 2.75) is 32.4 Å². The second kappa shape index (κ2) is 6.13. The van der Waals surface area contributed by atoms with Crippen molar-refractivity contribution in [2.24, 2.45) is 0 Å². The minimum atomic E-state index is -4.13. The van der Waals surface area contributed by atoms with Crippen LogP contribution in [0.5, 0.6) is 0 Å². The van der Waals surface area contributed by atoms with Crippen molar-refractivity contribution in [3.8, 4) is 0 Å². The highest BCUT2D eigenvalue weighted by Gasteiger charge is 2.25. The molecule has 2 aromatic rings. The van der Waals surface area contributed by atoms with Gasteiger partial charge in [-0.2, -0.15) is 13.2 Å². The maximum atomic E-state index is 12.1. The van der Waals surface area contributed by atoms with Gasteiger partial charge in [-0.15, -0.1) is 11.3 Å². The van der Waals surface area contributed by atoms with Crippen molar-refractivity contribution in [3.05, 3.63) is 16.2 Å². The lowest BCUT2D eigenvalue weighted by Crippen LogP contribution is -2.11. The summed E-state index contributed by atoms with van der Waals surface area (Å²) in [4.78, 5) is 10.1. The molecule has 0 aliphatic heterocycles. The molecule has 0 bridgehead atoms. The molecule has 0 atom stereocenters. The molecule has 0 unspecified atom stereocenters. The maximum absolute atomic E-state index is 12.1. The molecule has 0 saturated heterocycles. The largest absolute Gasteiger partial charge is 0.389 e. The predicted octanol–water partition coefficient (Wildman–Crippen LogP) is 4.66. The first-order valence-electron chi connectivity index (χ1n) is 6.15. The van der Waals surface area contributed by atoms with Gasteiger partial charge in [0.2, 0.25) is 5.28 Å². The molecule has 20 heavy (non-hydrogen) atoms. The van der Waals surface area contributed by atoms with Gasteiger partial charge in [0.25, 0.3) is 0 Å². The van der Waals surface area contributed by atoms with Crippen LogP contribution in [0.3, 0.4) is 0 Å². The lowest BCUT2D eigenvalue weighted by atomic mass is 10.3. The molecule has 110 valence electrons. The summed E-state index contributed by atoms with van der Waals surface area (Å²) >= 11 is 7.34. The third kappa shape index (κ3) is 3.96. The molecule has 2 rings (SSSR count). The number of halogens is 4. The number of hydrogen-bond acceptors (Lipinski definition) is 4. The molecule has 0 aliphatic rings. The number of aryl methyl sites for hydroxylation is 1. The molecule has 1 N–H and O–H groups in total. The number of nitrogens with zero attached hydrogens (tertiary/aromatic N) is 2. The van der Waals surface area contributed by atoms with Gasteiger partial charge in [0, 0.05) is 17.8 Å². The van der Waals surface area contributed by atoms with Crippen LogP contribution in [0.25, 0.3) is 10.2 Å². The third-order valence-corrected chi connectivity index (χ3v) is 4.04. The second-order valence-electron chi connectivity index (χ2n) is 4.27. The topological polar surface area (TPSA) is 37.8 Å². The van der Waals surface area contributed by atoms with Gasteiger partial charge in [0.1, 0.15) is 10.6 Å². The van der Waals surface area contributed by atoms with Gasteiger partial charge in [0.05, 0.1) is 5.39 Å². The molecule has 2 aromatic heterocycles. The van der Waals surface area contributed by atoms with Gasteiger partial charge < -0.3 is 5.32 Å². The average Bonchev–Trinajstić information content (AvgIpc) is 2.76. The molecular weight excluding hydrogens is 311 g/mol. The number of aromatic nitrogens is 2. The molecule has 0 spiro atoms. The number of rotatable bonds is 5. The molecule has 0 aliphatic carbocycles. The number of thiophene rings is 1. The summed E-state index contributed by atoms with van der Waals surface area (Å²) < 4.78 is 36.2. The molecule has 0 saturated carbocycles. The fourth-order valence-electron chi connectivity index (χ4n) is 1.75. The van der Waals surface area contributed by atoms with E-state index in [1.165, 1.54) is 11.3 Å². The molecule has 0 fully saturated rings. The summed E-state index contributed by atoms with van der Waals surface area (Å²) in [5.41, 5.74) is 0. The number of alkyl halides is 3. The maximum Gasteiger partial charge on any atom is 0.389 e. The fraction of sp³-hybridized carbons (Fsp3) is 0.500. The lowest BCUT2D eigenvalue weighted by molar-refractivity contribution is -0.134. The Morgan fingerprint density at radius 1 is 1.35 bits per heavy atom. The van der Waals surface area contributed by atoms with E-state index in [0.717, 1.165) is 21.5 Å². The zero-order valence-corrected chi connectivity index (χ0v) is 12.3. The van der Waals surface area contributed by atoms with Crippen LogP contribution in [0.15, 0.2) is 6.07 Å². The molecule has 0 aromatic carbocycles. The molecule has 0 radical (unpaired) electrons. The van der Waals surface area contributed by atoms with Crippen molar-refractivity contribution in [2.75, 3.05) is 11.9 Å². The van der Waals surface area contributed by atoms with Crippen LogP contribution in [0, 0.1) is 0 Å². The molecule has 0 amide bonds. The first-order valence-corrected chi connectivity index (χ1v) is 7.35. The Hall–Kier alpha value is -1.08. The highest BCUT2D eigenvalue weighted by molar-refractivity contribution is 7.18. The molecule has 2 heterocycles. The Balaban J connectivity index is 2.10. The average molecular weight is 324 g/mol. The zero-order valence-electron chi connectivity index (χ0n) is 10.7. The van der Waals surface area contributed by atoms with Crippen LogP contribution in [0.2, 0.25) is 5.28 Å². The molecule has 3 nitrogen and oxygen atoms in total. The second-order valence-corrected chi connectivity index (χ2v) is 5.73. The minimum absolute atomic E-state index is 0.00259. The van der Waals surface area contributed by atoms with Gasteiger partial charge in [-0.3, -0.25) is 0 Å². The Morgan fingerprint density at radius 2 is 2.10 bits per heavy atom. The summed E-state index contributed by atoms with van der Waals surface area (Å²) in [5.74, 6) is 0.498. The third-order valence-electron chi connectivity index (χ3n) is 2.69. The van der Waals surface area contributed by atoms with E-state index in [1.807, 2.05) is 13.0 Å². The highest BCUT2D eigenvalue weighted by Crippen LogP contribution is 2.30. The smallest absolute Gasteiger partial charge is 0.369 e. The number of hydrogen-bond donors (Lipinski definition) is 1. The van der Waals surface area contributed by atoms with Crippen molar-refractivity contribution >= 4 is 39.0 Å². The SMILES string of the molecule is CCc1cc2c(NCCCC(F)(F)F)nc(Cl)nc2s1. The van der Waals surface area contributed by atoms with Crippen molar-refractivity contribution in [1.82, 2.24) is 9.97 Å². The summed E-state index contributed by atoms with van der Waals surface area (Å²) in [6.45, 7) is 2.22. The van der Waals surface area contributed by atoms with E-state index in [-0.39, 0.29) is 18.2 Å². The Bertz CT molecular complexity index is 597. The van der Waals surface area contributed by atoms with Gasteiger partial charge in [-0.05, 0) is 30.5 Å². The van der Waals surface area contributed by atoms with Gasteiger partial charge in [-0.1, -0.05) is 6.92 Å². The zero-order chi connectivity index (χ0) is 14.8. The van der Waals surface area contributed by atoms with Crippen LogP contribution in [-0.2, 0) is 6.42 Å². The van der Waals surface area contributed by atoms with E-state index in [1.54, 1.807) is 0 Å². The van der Waals surface area contributed by atoms with Crippen LogP contribution < -0.4 is 5.32 Å². The number of fused-ring (bicyclic) bond motifs is 1. The van der Waals surface area contributed by atoms with Crippen LogP contribution >= 0.6 is 22.9 Å². The van der Waals surface area contributed by atoms with Crippen LogP contribution in [0.4, 0.5) is 19.0 Å². The van der Waals surface area contributed by atoms with Crippen molar-refractivity contribution < 1.29 is 13.2 Å². The predicted molar refractivity (Wildman–Crippen MR) is 75.6 cm³/mol. The normalized spacial score (nSPS) is 12.1. The van der Waals surface area contributed by atoms with E-state index < -0.39 is 12.6 Å². The Labute approximate surface area is 123 Å². The lowest BCUT2D eigenvalue weighted by Gasteiger charge is -2.08. The van der Waals surface area contributed by atoms with E-state index in [2.05, 4.69) is 15.3 Å². The fourth-order valence-corrected chi connectivity index (χ4v) is 2.94. The Kier molecular flexibility index (Phi) is 4.70. The van der Waals surface area contributed by atoms with Crippen molar-refractivity contribution in [3.63, 3.8) is 0 Å². The number of anilines is 1. The first-order chi connectivity index (χ1) is 9.39. The summed E-state index contributed by atoms with van der Waals surface area (Å²) in [5, 5.41) is 3.82. The standard InChI is InChI=1S/C12H13ClF3N3S/c1-2-7-6-8-9(17-5-3-4-12(14,15)16)18-11(13)19-10(8)20-7/h6H,2-5H2,1H3,(H,17,18,19). The Morgan fingerprint density at radius 3 is 2.75 bits per heavy atom. The first kappa shape index (κ1) is 15.3. The van der Waals surface area contributed by atoms with E-state index >= 15 is 0 Å². The molecule has 8 heteroatoms. The van der Waals surface area contributed by atoms with E-state index in [9.17, 15) is 13.2 Å². The highest BCUT2D eigenvalue weighted by atomic mass is 35.5. The minimum Gasteiger partial charge on any atom is -0.369 e. The van der Waals surface area contributed by atoms with Crippen LogP contribution in [0.1, 0.15) is 24.6 Å². The van der Waals surface area contributed by atoms with Crippen molar-refractivity contribution in [1.29, 1.82) is 0 Å². The van der Waals surface area contributed by atoms with Gasteiger partial charge >= 0.3 is 6.18 Å². The monoisotopic (exact) mass is 323 g/mol. The summed E-state index contributed by atoms with van der Waals surface area (Å²) in [6, 6.07) is 1.95.